The predicted octanol–water partition coefficient (Wildman–Crippen LogP) is 3.20. The second kappa shape index (κ2) is 5.23. The Morgan fingerprint density at radius 1 is 0.962 bits per heavy atom. The number of fused-ring (bicyclic) bond motifs is 5. The summed E-state index contributed by atoms with van der Waals surface area (Å²) in [6, 6.07) is 13.8. The number of benzene rings is 2. The van der Waals surface area contributed by atoms with E-state index in [0.717, 1.165) is 27.8 Å². The quantitative estimate of drug-likeness (QED) is 0.470. The van der Waals surface area contributed by atoms with Gasteiger partial charge >= 0.3 is 0 Å². The zero-order valence-corrected chi connectivity index (χ0v) is 14.3. The lowest BCUT2D eigenvalue weighted by molar-refractivity contribution is 0.950. The zero-order chi connectivity index (χ0) is 17.8. The molecule has 5 aromatic rings. The molecule has 6 heteroatoms. The summed E-state index contributed by atoms with van der Waals surface area (Å²) >= 11 is 0. The molecule has 0 saturated heterocycles. The van der Waals surface area contributed by atoms with Gasteiger partial charge in [-0.2, -0.15) is 0 Å². The summed E-state index contributed by atoms with van der Waals surface area (Å²) in [7, 11) is 0. The Bertz CT molecular complexity index is 1360. The fraction of sp³-hybridized carbons (Fsp3) is 0.100. The van der Waals surface area contributed by atoms with Crippen LogP contribution in [-0.2, 0) is 0 Å². The van der Waals surface area contributed by atoms with Gasteiger partial charge in [0.2, 0.25) is 5.78 Å². The third-order valence-electron chi connectivity index (χ3n) is 4.74. The first kappa shape index (κ1) is 14.8. The summed E-state index contributed by atoms with van der Waals surface area (Å²) < 4.78 is 3.61. The molecule has 2 aromatic carbocycles. The molecule has 0 aliphatic carbocycles. The molecule has 0 radical (unpaired) electrons. The molecular weight excluding hydrogens is 326 g/mol. The average molecular weight is 341 g/mol. The third-order valence-corrected chi connectivity index (χ3v) is 4.74. The Hall–Kier alpha value is -3.54. The Labute approximate surface area is 148 Å². The van der Waals surface area contributed by atoms with Gasteiger partial charge < -0.3 is 0 Å². The molecule has 126 valence electrons. The van der Waals surface area contributed by atoms with E-state index in [1.165, 1.54) is 6.33 Å². The van der Waals surface area contributed by atoms with E-state index in [1.807, 2.05) is 60.7 Å². The SMILES string of the molecule is Cc1cccc(C)c1-n1c(=O)c2cncnc2n2c3ccccc3nc12. The van der Waals surface area contributed by atoms with Gasteiger partial charge in [-0.25, -0.2) is 19.5 Å². The van der Waals surface area contributed by atoms with E-state index in [2.05, 4.69) is 9.97 Å². The average Bonchev–Trinajstić information content (AvgIpc) is 3.03. The summed E-state index contributed by atoms with van der Waals surface area (Å²) in [5.74, 6) is 0.555. The first-order chi connectivity index (χ1) is 12.7. The van der Waals surface area contributed by atoms with Gasteiger partial charge in [-0.15, -0.1) is 0 Å². The van der Waals surface area contributed by atoms with Gasteiger partial charge in [-0.3, -0.25) is 9.20 Å². The van der Waals surface area contributed by atoms with E-state index >= 15 is 0 Å². The van der Waals surface area contributed by atoms with E-state index in [0.29, 0.717) is 16.8 Å². The number of hydrogen-bond donors (Lipinski definition) is 0. The van der Waals surface area contributed by atoms with Crippen molar-refractivity contribution in [2.75, 3.05) is 0 Å². The minimum Gasteiger partial charge on any atom is -0.268 e. The van der Waals surface area contributed by atoms with Gasteiger partial charge in [0.1, 0.15) is 11.7 Å². The molecule has 0 bridgehead atoms. The summed E-state index contributed by atoms with van der Waals surface area (Å²) in [5, 5.41) is 0.464. The van der Waals surface area contributed by atoms with Crippen LogP contribution in [0, 0.1) is 13.8 Å². The van der Waals surface area contributed by atoms with Gasteiger partial charge in [0, 0.05) is 6.20 Å². The minimum absolute atomic E-state index is 0.166. The maximum absolute atomic E-state index is 13.4. The Kier molecular flexibility index (Phi) is 2.97. The van der Waals surface area contributed by atoms with Crippen molar-refractivity contribution in [2.24, 2.45) is 0 Å². The standard InChI is InChI=1S/C20H15N5O/c1-12-6-5-7-13(2)17(12)25-19(26)14-10-21-11-22-18(14)24-16-9-4-3-8-15(16)23-20(24)25/h3-11H,1-2H3. The molecule has 26 heavy (non-hydrogen) atoms. The van der Waals surface area contributed by atoms with Gasteiger partial charge in [-0.05, 0) is 37.1 Å². The first-order valence-corrected chi connectivity index (χ1v) is 8.35. The molecule has 3 heterocycles. The Morgan fingerprint density at radius 3 is 2.54 bits per heavy atom. The van der Waals surface area contributed by atoms with Crippen LogP contribution in [0.4, 0.5) is 0 Å². The molecule has 0 aliphatic heterocycles. The maximum Gasteiger partial charge on any atom is 0.270 e. The summed E-state index contributed by atoms with van der Waals surface area (Å²) in [6.07, 6.45) is 3.03. The van der Waals surface area contributed by atoms with Gasteiger partial charge in [0.25, 0.3) is 5.56 Å². The van der Waals surface area contributed by atoms with Crippen molar-refractivity contribution in [1.29, 1.82) is 0 Å². The molecule has 0 amide bonds. The second-order valence-corrected chi connectivity index (χ2v) is 6.38. The van der Waals surface area contributed by atoms with Crippen molar-refractivity contribution < 1.29 is 0 Å². The van der Waals surface area contributed by atoms with Crippen molar-refractivity contribution >= 4 is 27.8 Å². The number of hydrogen-bond acceptors (Lipinski definition) is 4. The molecular formula is C20H15N5O. The first-order valence-electron chi connectivity index (χ1n) is 8.35. The van der Waals surface area contributed by atoms with Crippen molar-refractivity contribution in [3.05, 3.63) is 76.5 Å². The highest BCUT2D eigenvalue weighted by Gasteiger charge is 2.19. The summed E-state index contributed by atoms with van der Waals surface area (Å²) in [5.41, 5.74) is 5.00. The number of imidazole rings is 1. The van der Waals surface area contributed by atoms with Crippen LogP contribution in [0.25, 0.3) is 33.5 Å². The molecule has 3 aromatic heterocycles. The monoisotopic (exact) mass is 341 g/mol. The van der Waals surface area contributed by atoms with Gasteiger partial charge in [-0.1, -0.05) is 30.3 Å². The summed E-state index contributed by atoms with van der Waals surface area (Å²) in [6.45, 7) is 4.00. The van der Waals surface area contributed by atoms with Crippen molar-refractivity contribution in [3.8, 4) is 5.69 Å². The molecule has 5 rings (SSSR count). The molecule has 0 saturated carbocycles. The molecule has 0 fully saturated rings. The molecule has 0 unspecified atom stereocenters. The number of rotatable bonds is 1. The lowest BCUT2D eigenvalue weighted by Crippen LogP contribution is -2.23. The van der Waals surface area contributed by atoms with Gasteiger partial charge in [0.05, 0.1) is 16.7 Å². The van der Waals surface area contributed by atoms with Crippen LogP contribution in [0.1, 0.15) is 11.1 Å². The van der Waals surface area contributed by atoms with Crippen molar-refractivity contribution in [2.45, 2.75) is 13.8 Å². The number of aryl methyl sites for hydroxylation is 2. The van der Waals surface area contributed by atoms with Crippen LogP contribution in [0.2, 0.25) is 0 Å². The van der Waals surface area contributed by atoms with Crippen LogP contribution >= 0.6 is 0 Å². The van der Waals surface area contributed by atoms with Crippen LogP contribution < -0.4 is 5.56 Å². The van der Waals surface area contributed by atoms with E-state index in [1.54, 1.807) is 10.8 Å². The highest BCUT2D eigenvalue weighted by atomic mass is 16.1. The van der Waals surface area contributed by atoms with Crippen LogP contribution in [0.5, 0.6) is 0 Å². The predicted molar refractivity (Wildman–Crippen MR) is 101 cm³/mol. The zero-order valence-electron chi connectivity index (χ0n) is 14.3. The van der Waals surface area contributed by atoms with E-state index in [-0.39, 0.29) is 5.56 Å². The van der Waals surface area contributed by atoms with Crippen molar-refractivity contribution in [1.82, 2.24) is 23.9 Å². The minimum atomic E-state index is -0.166. The van der Waals surface area contributed by atoms with E-state index in [4.69, 9.17) is 4.98 Å². The molecule has 0 atom stereocenters. The third kappa shape index (κ3) is 1.86. The molecule has 0 spiro atoms. The van der Waals surface area contributed by atoms with Gasteiger partial charge in [0.15, 0.2) is 5.65 Å². The molecule has 0 aliphatic rings. The Balaban J connectivity index is 2.13. The lowest BCUT2D eigenvalue weighted by atomic mass is 10.1. The number of para-hydroxylation sites is 3. The maximum atomic E-state index is 13.4. The highest BCUT2D eigenvalue weighted by molar-refractivity contribution is 5.87. The summed E-state index contributed by atoms with van der Waals surface area (Å²) in [4.78, 5) is 26.5. The number of aromatic nitrogens is 5. The highest BCUT2D eigenvalue weighted by Crippen LogP contribution is 2.24. The molecule has 0 N–H and O–H groups in total. The lowest BCUT2D eigenvalue weighted by Gasteiger charge is -2.14. The van der Waals surface area contributed by atoms with E-state index < -0.39 is 0 Å². The van der Waals surface area contributed by atoms with E-state index in [9.17, 15) is 4.79 Å². The normalized spacial score (nSPS) is 11.6. The van der Waals surface area contributed by atoms with Crippen LogP contribution in [0.15, 0.2) is 59.8 Å². The van der Waals surface area contributed by atoms with Crippen LogP contribution in [-0.4, -0.2) is 23.9 Å². The topological polar surface area (TPSA) is 65.1 Å². The van der Waals surface area contributed by atoms with Crippen LogP contribution in [0.3, 0.4) is 0 Å². The fourth-order valence-electron chi connectivity index (χ4n) is 3.60. The second-order valence-electron chi connectivity index (χ2n) is 6.38. The smallest absolute Gasteiger partial charge is 0.268 e. The Morgan fingerprint density at radius 2 is 1.73 bits per heavy atom. The molecule has 6 nitrogen and oxygen atoms in total. The van der Waals surface area contributed by atoms with Crippen molar-refractivity contribution in [3.63, 3.8) is 0 Å². The number of nitrogens with zero attached hydrogens (tertiary/aromatic N) is 5. The fourth-order valence-corrected chi connectivity index (χ4v) is 3.60. The largest absolute Gasteiger partial charge is 0.270 e.